The van der Waals surface area contributed by atoms with Crippen LogP contribution in [0, 0.1) is 11.6 Å². The minimum Gasteiger partial charge on any atom is -0.497 e. The lowest BCUT2D eigenvalue weighted by Gasteiger charge is -2.13. The molecule has 1 aromatic carbocycles. The lowest BCUT2D eigenvalue weighted by atomic mass is 9.94. The first-order chi connectivity index (χ1) is 8.11. The number of halogens is 2. The van der Waals surface area contributed by atoms with Crippen LogP contribution in [-0.2, 0) is 0 Å². The monoisotopic (exact) mass is 236 g/mol. The molecule has 0 saturated carbocycles. The molecule has 0 saturated heterocycles. The Morgan fingerprint density at radius 1 is 1.18 bits per heavy atom. The Hall–Kier alpha value is -1.64. The van der Waals surface area contributed by atoms with Crippen LogP contribution in [0.5, 0.6) is 5.75 Å². The maximum absolute atomic E-state index is 13.8. The van der Waals surface area contributed by atoms with E-state index in [1.807, 2.05) is 19.1 Å². The van der Waals surface area contributed by atoms with Crippen molar-refractivity contribution in [2.75, 3.05) is 7.11 Å². The average molecular weight is 236 g/mol. The number of allylic oxidation sites excluding steroid dienone is 4. The van der Waals surface area contributed by atoms with E-state index in [2.05, 4.69) is 0 Å². The quantitative estimate of drug-likeness (QED) is 0.751. The van der Waals surface area contributed by atoms with Crippen molar-refractivity contribution in [3.05, 3.63) is 47.1 Å². The van der Waals surface area contributed by atoms with Crippen LogP contribution in [0.4, 0.5) is 8.78 Å². The van der Waals surface area contributed by atoms with E-state index in [0.717, 1.165) is 18.4 Å². The molecule has 0 aliphatic heterocycles. The molecule has 1 aliphatic rings. The number of ether oxygens (including phenoxy) is 1. The summed E-state index contributed by atoms with van der Waals surface area (Å²) in [4.78, 5) is 0. The number of benzene rings is 1. The number of hydrogen-bond acceptors (Lipinski definition) is 1. The Morgan fingerprint density at radius 2 is 1.82 bits per heavy atom. The Kier molecular flexibility index (Phi) is 3.27. The van der Waals surface area contributed by atoms with Gasteiger partial charge in [-0.2, -0.15) is 0 Å². The fourth-order valence-corrected chi connectivity index (χ4v) is 1.97. The fraction of sp³-hybridized carbons (Fsp3) is 0.286. The first kappa shape index (κ1) is 11.8. The van der Waals surface area contributed by atoms with Gasteiger partial charge in [0, 0.05) is 12.1 Å². The minimum atomic E-state index is -0.584. The van der Waals surface area contributed by atoms with Crippen LogP contribution in [0.3, 0.4) is 0 Å². The highest BCUT2D eigenvalue weighted by Gasteiger charge is 2.16. The summed E-state index contributed by atoms with van der Waals surface area (Å²) in [6, 6.07) is 2.41. The third kappa shape index (κ3) is 2.38. The maximum Gasteiger partial charge on any atom is 0.137 e. The van der Waals surface area contributed by atoms with E-state index < -0.39 is 11.6 Å². The molecule has 3 heteroatoms. The lowest BCUT2D eigenvalue weighted by molar-refractivity contribution is 0.406. The molecule has 1 aliphatic carbocycles. The van der Waals surface area contributed by atoms with Crippen molar-refractivity contribution >= 4 is 5.57 Å². The molecule has 0 spiro atoms. The third-order valence-corrected chi connectivity index (χ3v) is 2.84. The van der Waals surface area contributed by atoms with Crippen LogP contribution >= 0.6 is 0 Å². The third-order valence-electron chi connectivity index (χ3n) is 2.84. The molecule has 0 bridgehead atoms. The summed E-state index contributed by atoms with van der Waals surface area (Å²) in [5.41, 5.74) is 1.79. The van der Waals surface area contributed by atoms with Gasteiger partial charge in [0.1, 0.15) is 17.4 Å². The molecular formula is C14H14F2O. The zero-order valence-electron chi connectivity index (χ0n) is 9.89. The normalized spacial score (nSPS) is 15.3. The van der Waals surface area contributed by atoms with Crippen molar-refractivity contribution in [3.8, 4) is 5.75 Å². The van der Waals surface area contributed by atoms with Crippen LogP contribution in [0.1, 0.15) is 25.3 Å². The van der Waals surface area contributed by atoms with E-state index in [4.69, 9.17) is 4.74 Å². The molecule has 2 rings (SSSR count). The standard InChI is InChI=1S/C14H14F2O/c1-9-4-3-5-10(6-9)14-12(15)7-11(17-2)8-13(14)16/h5-8H,3-4H2,1-2H3. The van der Waals surface area contributed by atoms with Gasteiger partial charge in [-0.05, 0) is 25.3 Å². The molecule has 0 fully saturated rings. The van der Waals surface area contributed by atoms with Crippen LogP contribution in [0.15, 0.2) is 29.9 Å². The van der Waals surface area contributed by atoms with E-state index in [9.17, 15) is 8.78 Å². The Morgan fingerprint density at radius 3 is 2.35 bits per heavy atom. The molecule has 90 valence electrons. The summed E-state index contributed by atoms with van der Waals surface area (Å²) in [6.07, 6.45) is 5.46. The van der Waals surface area contributed by atoms with Gasteiger partial charge >= 0.3 is 0 Å². The first-order valence-electron chi connectivity index (χ1n) is 5.52. The second kappa shape index (κ2) is 4.70. The van der Waals surface area contributed by atoms with Gasteiger partial charge in [-0.25, -0.2) is 8.78 Å². The summed E-state index contributed by atoms with van der Waals surface area (Å²) in [7, 11) is 1.39. The molecule has 0 aromatic heterocycles. The van der Waals surface area contributed by atoms with Crippen LogP contribution in [0.25, 0.3) is 5.57 Å². The van der Waals surface area contributed by atoms with Crippen molar-refractivity contribution in [3.63, 3.8) is 0 Å². The Balaban J connectivity index is 2.49. The smallest absolute Gasteiger partial charge is 0.137 e. The minimum absolute atomic E-state index is 0.0323. The highest BCUT2D eigenvalue weighted by Crippen LogP contribution is 2.31. The van der Waals surface area contributed by atoms with E-state index >= 15 is 0 Å². The van der Waals surface area contributed by atoms with Crippen LogP contribution in [0.2, 0.25) is 0 Å². The molecule has 0 N–H and O–H groups in total. The van der Waals surface area contributed by atoms with Gasteiger partial charge < -0.3 is 4.74 Å². The number of hydrogen-bond donors (Lipinski definition) is 0. The van der Waals surface area contributed by atoms with E-state index in [-0.39, 0.29) is 11.3 Å². The predicted molar refractivity (Wildman–Crippen MR) is 63.9 cm³/mol. The molecule has 0 atom stereocenters. The van der Waals surface area contributed by atoms with Crippen molar-refractivity contribution in [2.24, 2.45) is 0 Å². The van der Waals surface area contributed by atoms with Gasteiger partial charge in [0.2, 0.25) is 0 Å². The predicted octanol–water partition coefficient (Wildman–Crippen LogP) is 4.10. The lowest BCUT2D eigenvalue weighted by Crippen LogP contribution is -1.98. The molecule has 0 heterocycles. The summed E-state index contributed by atoms with van der Waals surface area (Å²) in [5, 5.41) is 0. The Bertz CT molecular complexity index is 478. The largest absolute Gasteiger partial charge is 0.497 e. The molecule has 0 amide bonds. The zero-order valence-corrected chi connectivity index (χ0v) is 9.89. The topological polar surface area (TPSA) is 9.23 Å². The molecule has 1 nitrogen and oxygen atoms in total. The van der Waals surface area contributed by atoms with E-state index in [1.54, 1.807) is 0 Å². The highest BCUT2D eigenvalue weighted by atomic mass is 19.1. The van der Waals surface area contributed by atoms with Gasteiger partial charge in [-0.1, -0.05) is 17.7 Å². The Labute approximate surface area is 99.4 Å². The summed E-state index contributed by atoms with van der Waals surface area (Å²) in [5.74, 6) is -0.973. The molecule has 17 heavy (non-hydrogen) atoms. The van der Waals surface area contributed by atoms with E-state index in [0.29, 0.717) is 5.57 Å². The van der Waals surface area contributed by atoms with E-state index in [1.165, 1.54) is 19.2 Å². The molecule has 0 unspecified atom stereocenters. The van der Waals surface area contributed by atoms with Crippen molar-refractivity contribution in [2.45, 2.75) is 19.8 Å². The van der Waals surface area contributed by atoms with Crippen LogP contribution < -0.4 is 4.74 Å². The van der Waals surface area contributed by atoms with Crippen molar-refractivity contribution < 1.29 is 13.5 Å². The van der Waals surface area contributed by atoms with Crippen molar-refractivity contribution in [1.29, 1.82) is 0 Å². The number of methoxy groups -OCH3 is 1. The fourth-order valence-electron chi connectivity index (χ4n) is 1.97. The van der Waals surface area contributed by atoms with Gasteiger partial charge in [-0.15, -0.1) is 0 Å². The van der Waals surface area contributed by atoms with Gasteiger partial charge in [-0.3, -0.25) is 0 Å². The van der Waals surface area contributed by atoms with Crippen LogP contribution in [-0.4, -0.2) is 7.11 Å². The summed E-state index contributed by atoms with van der Waals surface area (Å²) < 4.78 is 32.5. The van der Waals surface area contributed by atoms with Gasteiger partial charge in [0.25, 0.3) is 0 Å². The van der Waals surface area contributed by atoms with Crippen molar-refractivity contribution in [1.82, 2.24) is 0 Å². The molecular weight excluding hydrogens is 222 g/mol. The highest BCUT2D eigenvalue weighted by molar-refractivity contribution is 5.76. The second-order valence-corrected chi connectivity index (χ2v) is 4.15. The average Bonchev–Trinajstić information content (AvgIpc) is 2.28. The first-order valence-corrected chi connectivity index (χ1v) is 5.52. The zero-order chi connectivity index (χ0) is 12.4. The van der Waals surface area contributed by atoms with Gasteiger partial charge in [0.05, 0.1) is 12.7 Å². The van der Waals surface area contributed by atoms with Gasteiger partial charge in [0.15, 0.2) is 0 Å². The SMILES string of the molecule is COc1cc(F)c(C2=CCCC(C)=C2)c(F)c1. The summed E-state index contributed by atoms with van der Waals surface area (Å²) >= 11 is 0. The maximum atomic E-state index is 13.8. The number of rotatable bonds is 2. The summed E-state index contributed by atoms with van der Waals surface area (Å²) in [6.45, 7) is 1.96. The second-order valence-electron chi connectivity index (χ2n) is 4.15. The molecule has 0 radical (unpaired) electrons. The molecule has 1 aromatic rings.